The number of rotatable bonds is 6. The van der Waals surface area contributed by atoms with Crippen molar-refractivity contribution in [1.29, 1.82) is 0 Å². The van der Waals surface area contributed by atoms with Crippen molar-refractivity contribution in [3.8, 4) is 0 Å². The van der Waals surface area contributed by atoms with E-state index in [9.17, 15) is 8.42 Å². The summed E-state index contributed by atoms with van der Waals surface area (Å²) >= 11 is 0. The first-order valence-corrected chi connectivity index (χ1v) is 10.4. The van der Waals surface area contributed by atoms with Gasteiger partial charge in [-0.3, -0.25) is 9.67 Å². The van der Waals surface area contributed by atoms with Crippen molar-refractivity contribution in [2.24, 2.45) is 18.0 Å². The van der Waals surface area contributed by atoms with Crippen LogP contribution < -0.4 is 10.0 Å². The zero-order valence-electron chi connectivity index (χ0n) is 16.2. The van der Waals surface area contributed by atoms with Crippen LogP contribution in [0.3, 0.4) is 0 Å². The molecule has 0 bridgehead atoms. The normalized spacial score (nSPS) is 18.7. The summed E-state index contributed by atoms with van der Waals surface area (Å²) in [5, 5.41) is 7.52. The highest BCUT2D eigenvalue weighted by Gasteiger charge is 2.27. The average Bonchev–Trinajstić information content (AvgIpc) is 3.07. The number of halogens is 1. The minimum Gasteiger partial charge on any atom is -0.354 e. The van der Waals surface area contributed by atoms with Gasteiger partial charge in [-0.05, 0) is 38.2 Å². The van der Waals surface area contributed by atoms with Crippen molar-refractivity contribution in [3.05, 3.63) is 18.0 Å². The Morgan fingerprint density at radius 1 is 1.46 bits per heavy atom. The van der Waals surface area contributed by atoms with Gasteiger partial charge < -0.3 is 10.2 Å². The van der Waals surface area contributed by atoms with Crippen molar-refractivity contribution in [2.75, 3.05) is 32.9 Å². The van der Waals surface area contributed by atoms with Gasteiger partial charge in [0.15, 0.2) is 5.96 Å². The second-order valence-electron chi connectivity index (χ2n) is 7.49. The van der Waals surface area contributed by atoms with E-state index < -0.39 is 15.6 Å². The van der Waals surface area contributed by atoms with Gasteiger partial charge in [-0.1, -0.05) is 0 Å². The van der Waals surface area contributed by atoms with Crippen LogP contribution in [0.25, 0.3) is 0 Å². The van der Waals surface area contributed by atoms with Gasteiger partial charge in [0, 0.05) is 45.5 Å². The monoisotopic (exact) mass is 498 g/mol. The molecule has 0 spiro atoms. The van der Waals surface area contributed by atoms with E-state index in [2.05, 4.69) is 31.2 Å². The minimum atomic E-state index is -3.25. The smallest absolute Gasteiger partial charge is 0.209 e. The molecule has 2 heterocycles. The highest BCUT2D eigenvalue weighted by atomic mass is 127. The van der Waals surface area contributed by atoms with Crippen LogP contribution >= 0.6 is 24.0 Å². The van der Waals surface area contributed by atoms with Gasteiger partial charge in [0.2, 0.25) is 10.0 Å². The van der Waals surface area contributed by atoms with E-state index >= 15 is 0 Å². The number of aryl methyl sites for hydroxylation is 1. The van der Waals surface area contributed by atoms with Gasteiger partial charge in [-0.15, -0.1) is 24.0 Å². The van der Waals surface area contributed by atoms with Gasteiger partial charge in [0.1, 0.15) is 0 Å². The van der Waals surface area contributed by atoms with Gasteiger partial charge in [0.05, 0.1) is 12.5 Å². The Labute approximate surface area is 173 Å². The van der Waals surface area contributed by atoms with Crippen LogP contribution in [0.1, 0.15) is 25.8 Å². The fraction of sp³-hybridized carbons (Fsp3) is 0.750. The Balaban J connectivity index is 0.00000338. The topological polar surface area (TPSA) is 91.6 Å². The molecule has 1 fully saturated rings. The first-order valence-electron chi connectivity index (χ1n) is 8.50. The molecule has 1 aliphatic heterocycles. The summed E-state index contributed by atoms with van der Waals surface area (Å²) in [6.45, 7) is 6.06. The maximum Gasteiger partial charge on any atom is 0.209 e. The number of nitrogens with one attached hydrogen (secondary N) is 2. The summed E-state index contributed by atoms with van der Waals surface area (Å²) in [6, 6.07) is 0. The molecule has 8 nitrogen and oxygen atoms in total. The molecule has 2 rings (SSSR count). The van der Waals surface area contributed by atoms with E-state index in [1.807, 2.05) is 31.8 Å². The molecule has 1 aromatic rings. The van der Waals surface area contributed by atoms with Crippen molar-refractivity contribution in [3.63, 3.8) is 0 Å². The molecule has 1 aliphatic rings. The standard InChI is InChI=1S/C16H30N6O2S.HI/c1-16(2,20-25(5,23)24)12-18-15(17-3)22-7-6-13(11-22)8-14-9-19-21(4)10-14;/h9-10,13,20H,6-8,11-12H2,1-5H3,(H,17,18);1H. The lowest BCUT2D eigenvalue weighted by molar-refractivity contribution is 0.419. The van der Waals surface area contributed by atoms with Crippen LogP contribution in [0, 0.1) is 5.92 Å². The zero-order chi connectivity index (χ0) is 18.7. The summed E-state index contributed by atoms with van der Waals surface area (Å²) in [5.41, 5.74) is 0.675. The van der Waals surface area contributed by atoms with Crippen LogP contribution in [0.5, 0.6) is 0 Å². The van der Waals surface area contributed by atoms with Crippen LogP contribution in [0.2, 0.25) is 0 Å². The lowest BCUT2D eigenvalue weighted by Gasteiger charge is -2.29. The molecule has 150 valence electrons. The van der Waals surface area contributed by atoms with E-state index in [4.69, 9.17) is 0 Å². The Hall–Kier alpha value is -0.880. The number of aliphatic imine (C=N–C) groups is 1. The Morgan fingerprint density at radius 2 is 2.15 bits per heavy atom. The van der Waals surface area contributed by atoms with Crippen molar-refractivity contribution in [1.82, 2.24) is 24.7 Å². The fourth-order valence-corrected chi connectivity index (χ4v) is 4.35. The molecule has 0 amide bonds. The fourth-order valence-electron chi connectivity index (χ4n) is 3.27. The molecule has 1 saturated heterocycles. The molecule has 1 atom stereocenters. The van der Waals surface area contributed by atoms with Gasteiger partial charge in [-0.2, -0.15) is 5.10 Å². The number of sulfonamides is 1. The lowest BCUT2D eigenvalue weighted by atomic mass is 10.0. The third-order valence-electron chi connectivity index (χ3n) is 4.23. The summed E-state index contributed by atoms with van der Waals surface area (Å²) in [4.78, 5) is 6.59. The second kappa shape index (κ2) is 9.36. The predicted molar refractivity (Wildman–Crippen MR) is 115 cm³/mol. The number of nitrogens with zero attached hydrogens (tertiary/aromatic N) is 4. The summed E-state index contributed by atoms with van der Waals surface area (Å²) < 4.78 is 27.4. The molecular formula is C16H31IN6O2S. The predicted octanol–water partition coefficient (Wildman–Crippen LogP) is 0.806. The maximum absolute atomic E-state index is 11.4. The second-order valence-corrected chi connectivity index (χ2v) is 9.23. The molecule has 0 aromatic carbocycles. The third-order valence-corrected chi connectivity index (χ3v) is 5.15. The molecular weight excluding hydrogens is 467 g/mol. The number of likely N-dealkylation sites (tertiary alicyclic amines) is 1. The summed E-state index contributed by atoms with van der Waals surface area (Å²) in [5.74, 6) is 1.39. The van der Waals surface area contributed by atoms with Crippen LogP contribution in [-0.2, 0) is 23.5 Å². The highest BCUT2D eigenvalue weighted by Crippen LogP contribution is 2.20. The van der Waals surface area contributed by atoms with Crippen molar-refractivity contribution < 1.29 is 8.42 Å². The number of hydrogen-bond acceptors (Lipinski definition) is 4. The average molecular weight is 498 g/mol. The van der Waals surface area contributed by atoms with Gasteiger partial charge >= 0.3 is 0 Å². The first kappa shape index (κ1) is 23.2. The molecule has 0 aliphatic carbocycles. The van der Waals surface area contributed by atoms with E-state index in [1.54, 1.807) is 7.05 Å². The number of aromatic nitrogens is 2. The molecule has 10 heteroatoms. The largest absolute Gasteiger partial charge is 0.354 e. The van der Waals surface area contributed by atoms with E-state index in [-0.39, 0.29) is 24.0 Å². The van der Waals surface area contributed by atoms with E-state index in [0.717, 1.165) is 31.9 Å². The maximum atomic E-state index is 11.4. The minimum absolute atomic E-state index is 0. The van der Waals surface area contributed by atoms with E-state index in [0.29, 0.717) is 12.5 Å². The number of hydrogen-bond donors (Lipinski definition) is 2. The molecule has 0 radical (unpaired) electrons. The Morgan fingerprint density at radius 3 is 2.69 bits per heavy atom. The molecule has 2 N–H and O–H groups in total. The van der Waals surface area contributed by atoms with Gasteiger partial charge in [0.25, 0.3) is 0 Å². The van der Waals surface area contributed by atoms with Gasteiger partial charge in [-0.25, -0.2) is 13.1 Å². The summed E-state index contributed by atoms with van der Waals surface area (Å²) in [6.07, 6.45) is 7.29. The van der Waals surface area contributed by atoms with Crippen LogP contribution in [-0.4, -0.2) is 67.5 Å². The van der Waals surface area contributed by atoms with Crippen LogP contribution in [0.15, 0.2) is 17.4 Å². The summed E-state index contributed by atoms with van der Waals surface area (Å²) in [7, 11) is 0.443. The highest BCUT2D eigenvalue weighted by molar-refractivity contribution is 14.0. The Kier molecular flexibility index (Phi) is 8.33. The van der Waals surface area contributed by atoms with Crippen molar-refractivity contribution in [2.45, 2.75) is 32.2 Å². The first-order chi connectivity index (χ1) is 11.6. The van der Waals surface area contributed by atoms with E-state index in [1.165, 1.54) is 11.8 Å². The lowest BCUT2D eigenvalue weighted by Crippen LogP contribution is -2.53. The molecule has 26 heavy (non-hydrogen) atoms. The van der Waals surface area contributed by atoms with Crippen LogP contribution in [0.4, 0.5) is 0 Å². The zero-order valence-corrected chi connectivity index (χ0v) is 19.3. The third kappa shape index (κ3) is 7.39. The molecule has 1 unspecified atom stereocenters. The van der Waals surface area contributed by atoms with Crippen molar-refractivity contribution >= 4 is 40.0 Å². The Bertz CT molecular complexity index is 716. The number of guanidine groups is 1. The molecule has 1 aromatic heterocycles. The molecule has 0 saturated carbocycles. The quantitative estimate of drug-likeness (QED) is 0.344. The SMILES string of the molecule is CN=C(NCC(C)(C)NS(C)(=O)=O)N1CCC(Cc2cnn(C)c2)C1.I.